The highest BCUT2D eigenvalue weighted by molar-refractivity contribution is 7.89. The van der Waals surface area contributed by atoms with Crippen molar-refractivity contribution in [1.82, 2.24) is 0 Å². The van der Waals surface area contributed by atoms with Crippen LogP contribution in [0.25, 0.3) is 0 Å². The minimum atomic E-state index is -3.72. The molecule has 8 nitrogen and oxygen atoms in total. The second-order valence-corrected chi connectivity index (χ2v) is 5.75. The molecule has 0 radical (unpaired) electrons. The fraction of sp³-hybridized carbons (Fsp3) is 0. The molecule has 110 valence electrons. The second kappa shape index (κ2) is 5.77. The molecule has 0 saturated heterocycles. The van der Waals surface area contributed by atoms with E-state index in [1.165, 1.54) is 30.3 Å². The molecule has 0 aliphatic rings. The van der Waals surface area contributed by atoms with Gasteiger partial charge < -0.3 is 11.2 Å². The number of anilines is 3. The highest BCUT2D eigenvalue weighted by Gasteiger charge is 2.07. The second-order valence-electron chi connectivity index (χ2n) is 4.19. The van der Waals surface area contributed by atoms with E-state index >= 15 is 0 Å². The Morgan fingerprint density at radius 2 is 1.67 bits per heavy atom. The molecule has 2 aromatic rings. The summed E-state index contributed by atoms with van der Waals surface area (Å²) in [5.41, 5.74) is 12.7. The molecule has 0 unspecified atom stereocenters. The monoisotopic (exact) mass is 307 g/mol. The van der Waals surface area contributed by atoms with Crippen molar-refractivity contribution >= 4 is 32.8 Å². The predicted octanol–water partition coefficient (Wildman–Crippen LogP) is 1.75. The largest absolute Gasteiger partial charge is 0.399 e. The Morgan fingerprint density at radius 3 is 2.24 bits per heavy atom. The van der Waals surface area contributed by atoms with Gasteiger partial charge in [0, 0.05) is 5.69 Å². The number of nitrogen functional groups attached to an aromatic ring is 1. The van der Waals surface area contributed by atoms with Crippen LogP contribution in [-0.4, -0.2) is 8.42 Å². The molecular weight excluding hydrogens is 294 g/mol. The van der Waals surface area contributed by atoms with Gasteiger partial charge in [0.15, 0.2) is 0 Å². The van der Waals surface area contributed by atoms with Crippen LogP contribution in [0.1, 0.15) is 0 Å². The normalized spacial score (nSPS) is 10.9. The molecule has 2 rings (SSSR count). The molecule has 21 heavy (non-hydrogen) atoms. The van der Waals surface area contributed by atoms with Gasteiger partial charge in [-0.3, -0.25) is 5.43 Å². The first-order chi connectivity index (χ1) is 9.90. The highest BCUT2D eigenvalue weighted by Crippen LogP contribution is 2.27. The Hall–Kier alpha value is -2.65. The molecule has 0 saturated carbocycles. The summed E-state index contributed by atoms with van der Waals surface area (Å²) in [4.78, 5) is 10.7. The molecule has 0 aliphatic carbocycles. The number of primary sulfonamides is 1. The van der Waals surface area contributed by atoms with Crippen molar-refractivity contribution in [3.63, 3.8) is 0 Å². The summed E-state index contributed by atoms with van der Waals surface area (Å²) < 4.78 is 22.2. The molecule has 0 fully saturated rings. The van der Waals surface area contributed by atoms with E-state index < -0.39 is 10.0 Å². The molecule has 0 bridgehead atoms. The Kier molecular flexibility index (Phi) is 4.05. The third-order valence-corrected chi connectivity index (χ3v) is 3.57. The number of sulfonamides is 1. The number of nitrogens with zero attached hydrogens (tertiary/aromatic N) is 1. The SMILES string of the molecule is Nc1ccc(NNc2ccc(S(N)(=O)=O)cc2)c(N=O)c1. The molecule has 0 heterocycles. The van der Waals surface area contributed by atoms with Crippen molar-refractivity contribution in [2.45, 2.75) is 4.90 Å². The number of benzene rings is 2. The van der Waals surface area contributed by atoms with Crippen LogP contribution in [0.4, 0.5) is 22.7 Å². The Balaban J connectivity index is 2.12. The topological polar surface area (TPSA) is 140 Å². The third kappa shape index (κ3) is 3.68. The van der Waals surface area contributed by atoms with Crippen molar-refractivity contribution < 1.29 is 8.42 Å². The maximum absolute atomic E-state index is 11.1. The fourth-order valence-electron chi connectivity index (χ4n) is 1.60. The summed E-state index contributed by atoms with van der Waals surface area (Å²) in [6, 6.07) is 10.4. The van der Waals surface area contributed by atoms with E-state index in [9.17, 15) is 13.3 Å². The molecule has 6 N–H and O–H groups in total. The average molecular weight is 307 g/mol. The van der Waals surface area contributed by atoms with Crippen LogP contribution in [0.2, 0.25) is 0 Å². The van der Waals surface area contributed by atoms with Gasteiger partial charge in [-0.1, -0.05) is 0 Å². The van der Waals surface area contributed by atoms with Gasteiger partial charge in [0.25, 0.3) is 0 Å². The Labute approximate surface area is 121 Å². The summed E-state index contributed by atoms with van der Waals surface area (Å²) in [7, 11) is -3.72. The van der Waals surface area contributed by atoms with Crippen LogP contribution < -0.4 is 21.7 Å². The van der Waals surface area contributed by atoms with E-state index in [-0.39, 0.29) is 10.6 Å². The first-order valence-electron chi connectivity index (χ1n) is 5.78. The molecule has 9 heteroatoms. The molecule has 2 aromatic carbocycles. The number of nitroso groups, excluding NO2 is 1. The Bertz CT molecular complexity index is 759. The summed E-state index contributed by atoms with van der Waals surface area (Å²) in [6.07, 6.45) is 0. The molecule has 0 spiro atoms. The maximum atomic E-state index is 11.1. The zero-order valence-electron chi connectivity index (χ0n) is 10.8. The van der Waals surface area contributed by atoms with Gasteiger partial charge in [-0.15, -0.1) is 4.91 Å². The first-order valence-corrected chi connectivity index (χ1v) is 7.32. The van der Waals surface area contributed by atoms with Gasteiger partial charge in [0.1, 0.15) is 5.69 Å². The lowest BCUT2D eigenvalue weighted by atomic mass is 10.2. The average Bonchev–Trinajstić information content (AvgIpc) is 2.45. The predicted molar refractivity (Wildman–Crippen MR) is 81.4 cm³/mol. The van der Waals surface area contributed by atoms with Crippen molar-refractivity contribution in [2.75, 3.05) is 16.6 Å². The maximum Gasteiger partial charge on any atom is 0.238 e. The van der Waals surface area contributed by atoms with Crippen molar-refractivity contribution in [3.05, 3.63) is 47.4 Å². The van der Waals surface area contributed by atoms with Gasteiger partial charge in [-0.05, 0) is 47.6 Å². The number of hydrogen-bond acceptors (Lipinski definition) is 7. The molecule has 0 amide bonds. The van der Waals surface area contributed by atoms with E-state index in [2.05, 4.69) is 16.0 Å². The summed E-state index contributed by atoms with van der Waals surface area (Å²) in [6.45, 7) is 0. The third-order valence-electron chi connectivity index (χ3n) is 2.64. The zero-order chi connectivity index (χ0) is 15.5. The lowest BCUT2D eigenvalue weighted by Crippen LogP contribution is -2.13. The van der Waals surface area contributed by atoms with E-state index in [0.29, 0.717) is 17.1 Å². The van der Waals surface area contributed by atoms with Crippen LogP contribution in [0.15, 0.2) is 52.5 Å². The summed E-state index contributed by atoms with van der Waals surface area (Å²) >= 11 is 0. The van der Waals surface area contributed by atoms with Crippen molar-refractivity contribution in [1.29, 1.82) is 0 Å². The molecule has 0 aliphatic heterocycles. The van der Waals surface area contributed by atoms with Crippen LogP contribution in [0, 0.1) is 4.91 Å². The summed E-state index contributed by atoms with van der Waals surface area (Å²) in [5, 5.41) is 7.86. The molecule has 0 atom stereocenters. The molecular formula is C12H13N5O3S. The lowest BCUT2D eigenvalue weighted by Gasteiger charge is -2.11. The van der Waals surface area contributed by atoms with Gasteiger partial charge in [0.2, 0.25) is 10.0 Å². The number of hydrogen-bond donors (Lipinski definition) is 4. The zero-order valence-corrected chi connectivity index (χ0v) is 11.6. The Morgan fingerprint density at radius 1 is 1.00 bits per heavy atom. The van der Waals surface area contributed by atoms with Gasteiger partial charge in [0.05, 0.1) is 16.3 Å². The van der Waals surface area contributed by atoms with E-state index in [4.69, 9.17) is 10.9 Å². The van der Waals surface area contributed by atoms with E-state index in [1.54, 1.807) is 12.1 Å². The molecule has 0 aromatic heterocycles. The summed E-state index contributed by atoms with van der Waals surface area (Å²) in [5.74, 6) is 0. The van der Waals surface area contributed by atoms with E-state index in [0.717, 1.165) is 0 Å². The van der Waals surface area contributed by atoms with E-state index in [1.807, 2.05) is 0 Å². The van der Waals surface area contributed by atoms with Gasteiger partial charge in [-0.2, -0.15) is 0 Å². The van der Waals surface area contributed by atoms with Crippen molar-refractivity contribution in [3.8, 4) is 0 Å². The fourth-order valence-corrected chi connectivity index (χ4v) is 2.11. The standard InChI is InChI=1S/C12H13N5O3S/c13-8-1-6-11(12(7-8)17-18)16-15-9-2-4-10(5-3-9)21(14,19)20/h1-7,15-16H,13H2,(H2,14,19,20). The number of nitrogens with one attached hydrogen (secondary N) is 2. The number of rotatable bonds is 5. The number of nitrogens with two attached hydrogens (primary N) is 2. The van der Waals surface area contributed by atoms with Gasteiger partial charge in [-0.25, -0.2) is 13.6 Å². The highest BCUT2D eigenvalue weighted by atomic mass is 32.2. The van der Waals surface area contributed by atoms with Gasteiger partial charge >= 0.3 is 0 Å². The van der Waals surface area contributed by atoms with Crippen LogP contribution in [0.3, 0.4) is 0 Å². The van der Waals surface area contributed by atoms with Crippen LogP contribution in [0.5, 0.6) is 0 Å². The van der Waals surface area contributed by atoms with Crippen molar-refractivity contribution in [2.24, 2.45) is 10.3 Å². The lowest BCUT2D eigenvalue weighted by molar-refractivity contribution is 0.598. The minimum Gasteiger partial charge on any atom is -0.399 e. The van der Waals surface area contributed by atoms with Crippen LogP contribution in [-0.2, 0) is 10.0 Å². The first kappa shape index (κ1) is 14.8. The smallest absolute Gasteiger partial charge is 0.238 e. The minimum absolute atomic E-state index is 0.00998. The number of hydrazine groups is 1. The van der Waals surface area contributed by atoms with Crippen LogP contribution >= 0.6 is 0 Å². The quantitative estimate of drug-likeness (QED) is 0.377.